The number of nitrogens with one attached hydrogen (secondary N) is 1. The van der Waals surface area contributed by atoms with Crippen molar-refractivity contribution in [2.75, 3.05) is 19.6 Å². The highest BCUT2D eigenvalue weighted by molar-refractivity contribution is 5.86. The van der Waals surface area contributed by atoms with Crippen molar-refractivity contribution < 1.29 is 14.3 Å². The highest BCUT2D eigenvalue weighted by atomic mass is 19.1. The smallest absolute Gasteiger partial charge is 0.227 e. The lowest BCUT2D eigenvalue weighted by Crippen LogP contribution is -2.53. The van der Waals surface area contributed by atoms with Gasteiger partial charge in [-0.3, -0.25) is 9.69 Å². The second kappa shape index (κ2) is 6.69. The number of hydrogen-bond donors (Lipinski definition) is 2. The van der Waals surface area contributed by atoms with Gasteiger partial charge in [-0.25, -0.2) is 4.39 Å². The molecule has 25 heavy (non-hydrogen) atoms. The maximum atomic E-state index is 13.3. The summed E-state index contributed by atoms with van der Waals surface area (Å²) in [6.45, 7) is 2.34. The molecule has 4 nitrogen and oxygen atoms in total. The lowest BCUT2D eigenvalue weighted by molar-refractivity contribution is -0.131. The number of benzene rings is 1. The van der Waals surface area contributed by atoms with Crippen LogP contribution in [0.1, 0.15) is 50.0 Å². The molecule has 0 bridgehead atoms. The van der Waals surface area contributed by atoms with Crippen molar-refractivity contribution >= 4 is 5.91 Å². The number of likely N-dealkylation sites (tertiary alicyclic amines) is 1. The highest BCUT2D eigenvalue weighted by Crippen LogP contribution is 2.48. The molecule has 1 aromatic rings. The summed E-state index contributed by atoms with van der Waals surface area (Å²) < 4.78 is 13.3. The molecule has 136 valence electrons. The maximum absolute atomic E-state index is 13.3. The zero-order valence-electron chi connectivity index (χ0n) is 14.6. The van der Waals surface area contributed by atoms with E-state index in [0.717, 1.165) is 50.8 Å². The maximum Gasteiger partial charge on any atom is 0.227 e. The molecule has 3 atom stereocenters. The van der Waals surface area contributed by atoms with Gasteiger partial charge in [0.1, 0.15) is 5.82 Å². The largest absolute Gasteiger partial charge is 0.391 e. The van der Waals surface area contributed by atoms with Crippen LogP contribution >= 0.6 is 0 Å². The van der Waals surface area contributed by atoms with Crippen molar-refractivity contribution in [1.29, 1.82) is 0 Å². The van der Waals surface area contributed by atoms with Crippen molar-refractivity contribution in [1.82, 2.24) is 10.2 Å². The molecule has 4 rings (SSSR count). The quantitative estimate of drug-likeness (QED) is 0.865. The number of amides is 1. The van der Waals surface area contributed by atoms with E-state index < -0.39 is 0 Å². The number of aliphatic hydroxyl groups excluding tert-OH is 1. The summed E-state index contributed by atoms with van der Waals surface area (Å²) in [5.74, 6) is 0.0147. The van der Waals surface area contributed by atoms with Crippen molar-refractivity contribution in [3.05, 3.63) is 35.6 Å². The third-order valence-electron chi connectivity index (χ3n) is 6.71. The van der Waals surface area contributed by atoms with Crippen LogP contribution < -0.4 is 5.32 Å². The van der Waals surface area contributed by atoms with Crippen LogP contribution in [0.15, 0.2) is 24.3 Å². The van der Waals surface area contributed by atoms with Crippen molar-refractivity contribution in [2.24, 2.45) is 5.41 Å². The second-order valence-electron chi connectivity index (χ2n) is 7.93. The summed E-state index contributed by atoms with van der Waals surface area (Å²) in [5.41, 5.74) is 0.666. The van der Waals surface area contributed by atoms with E-state index >= 15 is 0 Å². The van der Waals surface area contributed by atoms with Gasteiger partial charge in [0.2, 0.25) is 5.91 Å². The van der Waals surface area contributed by atoms with E-state index in [9.17, 15) is 14.3 Å². The number of hydrogen-bond acceptors (Lipinski definition) is 3. The van der Waals surface area contributed by atoms with E-state index in [1.807, 2.05) is 12.1 Å². The van der Waals surface area contributed by atoms with Crippen LogP contribution in [0, 0.1) is 11.2 Å². The number of rotatable bonds is 2. The van der Waals surface area contributed by atoms with Crippen molar-refractivity contribution in [3.8, 4) is 0 Å². The van der Waals surface area contributed by atoms with Gasteiger partial charge in [-0.05, 0) is 56.5 Å². The van der Waals surface area contributed by atoms with Crippen molar-refractivity contribution in [3.63, 3.8) is 0 Å². The highest BCUT2D eigenvalue weighted by Gasteiger charge is 2.52. The molecular weight excluding hydrogens is 319 g/mol. The average molecular weight is 346 g/mol. The summed E-state index contributed by atoms with van der Waals surface area (Å²) in [4.78, 5) is 15.1. The van der Waals surface area contributed by atoms with Crippen LogP contribution in [-0.2, 0) is 4.79 Å². The Kier molecular flexibility index (Phi) is 4.54. The molecule has 1 aliphatic carbocycles. The molecule has 0 radical (unpaired) electrons. The van der Waals surface area contributed by atoms with E-state index in [1.54, 1.807) is 0 Å². The topological polar surface area (TPSA) is 52.6 Å². The Hall–Kier alpha value is -1.46. The number of carbonyl (C=O) groups is 1. The van der Waals surface area contributed by atoms with Gasteiger partial charge in [0.25, 0.3) is 0 Å². The zero-order chi connectivity index (χ0) is 17.4. The normalized spacial score (nSPS) is 32.7. The van der Waals surface area contributed by atoms with E-state index in [1.165, 1.54) is 18.6 Å². The monoisotopic (exact) mass is 346 g/mol. The fourth-order valence-electron chi connectivity index (χ4n) is 5.20. The zero-order valence-corrected chi connectivity index (χ0v) is 14.6. The molecule has 3 fully saturated rings. The molecule has 2 N–H and O–H groups in total. The molecule has 3 unspecified atom stereocenters. The first kappa shape index (κ1) is 17.0. The van der Waals surface area contributed by atoms with E-state index in [0.29, 0.717) is 6.54 Å². The third-order valence-corrected chi connectivity index (χ3v) is 6.71. The summed E-state index contributed by atoms with van der Waals surface area (Å²) in [6, 6.07) is 6.86. The minimum Gasteiger partial charge on any atom is -0.391 e. The molecule has 1 saturated carbocycles. The Labute approximate surface area is 148 Å². The SMILES string of the molecule is O=C1NCC(c2ccc(F)cc2)C12CCN(C1CCCCC1O)CC2. The number of nitrogens with zero attached hydrogens (tertiary/aromatic N) is 1. The molecule has 5 heteroatoms. The summed E-state index contributed by atoms with van der Waals surface area (Å²) in [5, 5.41) is 13.4. The molecule has 2 aliphatic heterocycles. The molecule has 2 saturated heterocycles. The predicted octanol–water partition coefficient (Wildman–Crippen LogP) is 2.42. The van der Waals surface area contributed by atoms with Crippen LogP contribution in [0.3, 0.4) is 0 Å². The fourth-order valence-corrected chi connectivity index (χ4v) is 5.20. The minimum atomic E-state index is -0.381. The number of halogens is 1. The Bertz CT molecular complexity index is 625. The lowest BCUT2D eigenvalue weighted by Gasteiger charge is -2.46. The first-order valence-corrected chi connectivity index (χ1v) is 9.56. The number of carbonyl (C=O) groups excluding carboxylic acids is 1. The molecule has 2 heterocycles. The van der Waals surface area contributed by atoms with Gasteiger partial charge < -0.3 is 10.4 Å². The van der Waals surface area contributed by atoms with Gasteiger partial charge in [0.15, 0.2) is 0 Å². The molecule has 1 amide bonds. The van der Waals surface area contributed by atoms with E-state index in [-0.39, 0.29) is 35.2 Å². The van der Waals surface area contributed by atoms with Gasteiger partial charge in [-0.15, -0.1) is 0 Å². The lowest BCUT2D eigenvalue weighted by atomic mass is 9.67. The average Bonchev–Trinajstić information content (AvgIpc) is 2.94. The van der Waals surface area contributed by atoms with Crippen LogP contribution in [0.25, 0.3) is 0 Å². The Morgan fingerprint density at radius 2 is 1.80 bits per heavy atom. The molecular formula is C20H27FN2O2. The number of piperidine rings is 1. The Morgan fingerprint density at radius 3 is 2.48 bits per heavy atom. The minimum absolute atomic E-state index is 0.110. The summed E-state index contributed by atoms with van der Waals surface area (Å²) in [7, 11) is 0. The molecule has 1 spiro atoms. The van der Waals surface area contributed by atoms with Crippen LogP contribution in [-0.4, -0.2) is 47.7 Å². The van der Waals surface area contributed by atoms with Gasteiger partial charge in [0.05, 0.1) is 11.5 Å². The summed E-state index contributed by atoms with van der Waals surface area (Å²) >= 11 is 0. The Balaban J connectivity index is 1.51. The summed E-state index contributed by atoms with van der Waals surface area (Å²) in [6.07, 6.45) is 5.64. The predicted molar refractivity (Wildman–Crippen MR) is 93.7 cm³/mol. The van der Waals surface area contributed by atoms with E-state index in [2.05, 4.69) is 10.2 Å². The first-order valence-electron chi connectivity index (χ1n) is 9.56. The van der Waals surface area contributed by atoms with Crippen LogP contribution in [0.5, 0.6) is 0 Å². The second-order valence-corrected chi connectivity index (χ2v) is 7.93. The van der Waals surface area contributed by atoms with Gasteiger partial charge in [0, 0.05) is 18.5 Å². The van der Waals surface area contributed by atoms with Gasteiger partial charge in [-0.1, -0.05) is 25.0 Å². The van der Waals surface area contributed by atoms with Gasteiger partial charge in [-0.2, -0.15) is 0 Å². The molecule has 0 aromatic heterocycles. The van der Waals surface area contributed by atoms with Crippen LogP contribution in [0.4, 0.5) is 4.39 Å². The Morgan fingerprint density at radius 1 is 1.12 bits per heavy atom. The van der Waals surface area contributed by atoms with Crippen LogP contribution in [0.2, 0.25) is 0 Å². The first-order chi connectivity index (χ1) is 12.1. The number of aliphatic hydroxyl groups is 1. The third kappa shape index (κ3) is 2.97. The molecule has 1 aromatic carbocycles. The van der Waals surface area contributed by atoms with Crippen molar-refractivity contribution in [2.45, 2.75) is 56.6 Å². The fraction of sp³-hybridized carbons (Fsp3) is 0.650. The standard InChI is InChI=1S/C20H27FN2O2/c21-15-7-5-14(6-8-15)16-13-22-19(25)20(16)9-11-23(12-10-20)17-3-1-2-4-18(17)24/h5-8,16-18,24H,1-4,9-13H2,(H,22,25). The molecule has 3 aliphatic rings. The van der Waals surface area contributed by atoms with Gasteiger partial charge >= 0.3 is 0 Å². The van der Waals surface area contributed by atoms with E-state index in [4.69, 9.17) is 0 Å².